The summed E-state index contributed by atoms with van der Waals surface area (Å²) in [5.74, 6) is -0.393. The van der Waals surface area contributed by atoms with E-state index in [1.165, 1.54) is 19.1 Å². The SMILES string of the molecule is Cc1c(F)ccc(N)c1C#N. The van der Waals surface area contributed by atoms with Crippen LogP contribution in [0.3, 0.4) is 0 Å². The van der Waals surface area contributed by atoms with Gasteiger partial charge in [0.25, 0.3) is 0 Å². The van der Waals surface area contributed by atoms with E-state index in [-0.39, 0.29) is 5.56 Å². The van der Waals surface area contributed by atoms with E-state index in [1.807, 2.05) is 6.07 Å². The number of nitrogens with two attached hydrogens (primary N) is 1. The summed E-state index contributed by atoms with van der Waals surface area (Å²) in [7, 11) is 0. The lowest BCUT2D eigenvalue weighted by molar-refractivity contribution is 0.618. The Morgan fingerprint density at radius 1 is 1.55 bits per heavy atom. The molecular formula is C8H7FN2. The van der Waals surface area contributed by atoms with Crippen molar-refractivity contribution in [2.75, 3.05) is 5.73 Å². The van der Waals surface area contributed by atoms with Crippen LogP contribution in [0.25, 0.3) is 0 Å². The maximum atomic E-state index is 12.7. The average Bonchev–Trinajstić information content (AvgIpc) is 1.99. The molecule has 0 saturated carbocycles. The number of hydrogen-bond acceptors (Lipinski definition) is 2. The molecule has 1 aromatic carbocycles. The van der Waals surface area contributed by atoms with Gasteiger partial charge in [0.15, 0.2) is 0 Å². The highest BCUT2D eigenvalue weighted by atomic mass is 19.1. The standard InChI is InChI=1S/C8H7FN2/c1-5-6(4-10)8(11)3-2-7(5)9/h2-3H,11H2,1H3. The first kappa shape index (κ1) is 7.55. The fourth-order valence-corrected chi connectivity index (χ4v) is 0.856. The minimum absolute atomic E-state index is 0.227. The van der Waals surface area contributed by atoms with E-state index in [0.717, 1.165) is 0 Å². The second-order valence-electron chi connectivity index (χ2n) is 2.25. The van der Waals surface area contributed by atoms with Crippen LogP contribution in [-0.2, 0) is 0 Å². The number of anilines is 1. The first-order chi connectivity index (χ1) is 5.16. The van der Waals surface area contributed by atoms with Crippen LogP contribution >= 0.6 is 0 Å². The molecule has 1 rings (SSSR count). The van der Waals surface area contributed by atoms with Crippen LogP contribution in [0.1, 0.15) is 11.1 Å². The van der Waals surface area contributed by atoms with E-state index in [1.54, 1.807) is 0 Å². The van der Waals surface area contributed by atoms with Crippen LogP contribution in [0, 0.1) is 24.1 Å². The average molecular weight is 150 g/mol. The zero-order valence-electron chi connectivity index (χ0n) is 6.06. The molecule has 0 aliphatic heterocycles. The fourth-order valence-electron chi connectivity index (χ4n) is 0.856. The Morgan fingerprint density at radius 2 is 2.18 bits per heavy atom. The van der Waals surface area contributed by atoms with Gasteiger partial charge in [0.1, 0.15) is 11.9 Å². The van der Waals surface area contributed by atoms with Gasteiger partial charge in [-0.05, 0) is 19.1 Å². The van der Waals surface area contributed by atoms with Crippen molar-refractivity contribution in [2.24, 2.45) is 0 Å². The molecule has 11 heavy (non-hydrogen) atoms. The molecule has 0 amide bonds. The highest BCUT2D eigenvalue weighted by molar-refractivity contribution is 5.57. The lowest BCUT2D eigenvalue weighted by Crippen LogP contribution is -1.95. The number of nitriles is 1. The minimum Gasteiger partial charge on any atom is -0.398 e. The smallest absolute Gasteiger partial charge is 0.127 e. The number of hydrogen-bond donors (Lipinski definition) is 1. The Kier molecular flexibility index (Phi) is 1.77. The third-order valence-electron chi connectivity index (χ3n) is 1.54. The zero-order valence-corrected chi connectivity index (χ0v) is 6.06. The van der Waals surface area contributed by atoms with Crippen LogP contribution in [0.5, 0.6) is 0 Å². The predicted molar refractivity (Wildman–Crippen MR) is 40.3 cm³/mol. The summed E-state index contributed by atoms with van der Waals surface area (Å²) in [6.07, 6.45) is 0. The van der Waals surface area contributed by atoms with Crippen molar-refractivity contribution in [3.63, 3.8) is 0 Å². The number of halogens is 1. The molecule has 2 N–H and O–H groups in total. The summed E-state index contributed by atoms with van der Waals surface area (Å²) < 4.78 is 12.7. The van der Waals surface area contributed by atoms with E-state index in [4.69, 9.17) is 11.0 Å². The first-order valence-electron chi connectivity index (χ1n) is 3.11. The molecule has 0 saturated heterocycles. The molecule has 0 aromatic heterocycles. The van der Waals surface area contributed by atoms with Gasteiger partial charge in [-0.1, -0.05) is 0 Å². The van der Waals surface area contributed by atoms with Gasteiger partial charge in [-0.15, -0.1) is 0 Å². The minimum atomic E-state index is -0.393. The van der Waals surface area contributed by atoms with Crippen molar-refractivity contribution >= 4 is 5.69 Å². The molecule has 0 spiro atoms. The maximum Gasteiger partial charge on any atom is 0.127 e. The number of rotatable bonds is 0. The maximum absolute atomic E-state index is 12.7. The molecule has 0 fully saturated rings. The third-order valence-corrected chi connectivity index (χ3v) is 1.54. The summed E-state index contributed by atoms with van der Waals surface area (Å²) in [4.78, 5) is 0. The highest BCUT2D eigenvalue weighted by Crippen LogP contribution is 2.17. The van der Waals surface area contributed by atoms with Gasteiger partial charge in [0, 0.05) is 11.3 Å². The zero-order chi connectivity index (χ0) is 8.43. The predicted octanol–water partition coefficient (Wildman–Crippen LogP) is 1.59. The van der Waals surface area contributed by atoms with E-state index in [9.17, 15) is 4.39 Å². The van der Waals surface area contributed by atoms with E-state index in [0.29, 0.717) is 11.3 Å². The van der Waals surface area contributed by atoms with Crippen molar-refractivity contribution in [2.45, 2.75) is 6.92 Å². The third kappa shape index (κ3) is 1.15. The normalized spacial score (nSPS) is 9.18. The fraction of sp³-hybridized carbons (Fsp3) is 0.125. The van der Waals surface area contributed by atoms with Crippen LogP contribution in [0.4, 0.5) is 10.1 Å². The van der Waals surface area contributed by atoms with E-state index < -0.39 is 5.82 Å². The summed E-state index contributed by atoms with van der Waals surface area (Å²) in [6.45, 7) is 1.53. The van der Waals surface area contributed by atoms with Crippen molar-refractivity contribution < 1.29 is 4.39 Å². The molecule has 3 heteroatoms. The van der Waals surface area contributed by atoms with Gasteiger partial charge < -0.3 is 5.73 Å². The molecule has 0 aliphatic carbocycles. The second-order valence-corrected chi connectivity index (χ2v) is 2.25. The monoisotopic (exact) mass is 150 g/mol. The Balaban J connectivity index is 3.44. The van der Waals surface area contributed by atoms with Crippen LogP contribution in [0.15, 0.2) is 12.1 Å². The molecule has 2 nitrogen and oxygen atoms in total. The second kappa shape index (κ2) is 2.59. The van der Waals surface area contributed by atoms with E-state index in [2.05, 4.69) is 0 Å². The lowest BCUT2D eigenvalue weighted by Gasteiger charge is -2.00. The van der Waals surface area contributed by atoms with Crippen LogP contribution < -0.4 is 5.73 Å². The molecule has 0 bridgehead atoms. The highest BCUT2D eigenvalue weighted by Gasteiger charge is 2.05. The number of benzene rings is 1. The summed E-state index contributed by atoms with van der Waals surface area (Å²) >= 11 is 0. The number of nitrogen functional groups attached to an aromatic ring is 1. The molecule has 0 atom stereocenters. The first-order valence-corrected chi connectivity index (χ1v) is 3.11. The molecule has 56 valence electrons. The molecule has 0 heterocycles. The summed E-state index contributed by atoms with van der Waals surface area (Å²) in [5, 5.41) is 8.53. The van der Waals surface area contributed by atoms with Crippen LogP contribution in [0.2, 0.25) is 0 Å². The van der Waals surface area contributed by atoms with Crippen molar-refractivity contribution in [1.29, 1.82) is 5.26 Å². The molecule has 0 unspecified atom stereocenters. The Morgan fingerprint density at radius 3 is 2.64 bits per heavy atom. The van der Waals surface area contributed by atoms with Gasteiger partial charge in [-0.3, -0.25) is 0 Å². The topological polar surface area (TPSA) is 49.8 Å². The Hall–Kier alpha value is -1.56. The quantitative estimate of drug-likeness (QED) is 0.571. The van der Waals surface area contributed by atoms with Crippen molar-refractivity contribution in [3.05, 3.63) is 29.1 Å². The Labute approximate surface area is 64.1 Å². The van der Waals surface area contributed by atoms with Gasteiger partial charge in [0.2, 0.25) is 0 Å². The lowest BCUT2D eigenvalue weighted by atomic mass is 10.1. The van der Waals surface area contributed by atoms with Crippen LogP contribution in [-0.4, -0.2) is 0 Å². The van der Waals surface area contributed by atoms with Gasteiger partial charge in [-0.25, -0.2) is 4.39 Å². The largest absolute Gasteiger partial charge is 0.398 e. The Bertz CT molecular complexity index is 326. The van der Waals surface area contributed by atoms with Crippen molar-refractivity contribution in [1.82, 2.24) is 0 Å². The molecule has 0 aliphatic rings. The van der Waals surface area contributed by atoms with Crippen molar-refractivity contribution in [3.8, 4) is 6.07 Å². The van der Waals surface area contributed by atoms with Gasteiger partial charge >= 0.3 is 0 Å². The summed E-state index contributed by atoms with van der Waals surface area (Å²) in [5.41, 5.74) is 6.28. The van der Waals surface area contributed by atoms with Gasteiger partial charge in [-0.2, -0.15) is 5.26 Å². The molecular weight excluding hydrogens is 143 g/mol. The molecule has 1 aromatic rings. The van der Waals surface area contributed by atoms with Gasteiger partial charge in [0.05, 0.1) is 5.56 Å². The van der Waals surface area contributed by atoms with E-state index >= 15 is 0 Å². The molecule has 0 radical (unpaired) electrons. The number of nitrogens with zero attached hydrogens (tertiary/aromatic N) is 1. The summed E-state index contributed by atoms with van der Waals surface area (Å²) in [6, 6.07) is 4.48.